The molecule has 0 fully saturated rings. The molecular formula is C21H24N6O2. The van der Waals surface area contributed by atoms with Crippen molar-refractivity contribution in [3.8, 4) is 11.5 Å². The Morgan fingerprint density at radius 2 is 1.79 bits per heavy atom. The highest BCUT2D eigenvalue weighted by molar-refractivity contribution is 5.53. The molecule has 3 aromatic rings. The van der Waals surface area contributed by atoms with Crippen LogP contribution in [0.15, 0.2) is 48.5 Å². The molecule has 1 atom stereocenters. The minimum absolute atomic E-state index is 0.0650. The van der Waals surface area contributed by atoms with Crippen molar-refractivity contribution in [1.82, 2.24) is 19.9 Å². The first-order valence-electron chi connectivity index (χ1n) is 9.51. The van der Waals surface area contributed by atoms with Gasteiger partial charge >= 0.3 is 0 Å². The number of nitrogens with one attached hydrogen (secondary N) is 1. The van der Waals surface area contributed by atoms with Crippen LogP contribution in [-0.4, -0.2) is 40.1 Å². The molecule has 1 aliphatic heterocycles. The predicted molar refractivity (Wildman–Crippen MR) is 111 cm³/mol. The summed E-state index contributed by atoms with van der Waals surface area (Å²) in [7, 11) is 2.02. The van der Waals surface area contributed by atoms with Crippen LogP contribution in [-0.2, 0) is 6.54 Å². The maximum Gasteiger partial charge on any atom is 0.232 e. The van der Waals surface area contributed by atoms with E-state index in [-0.39, 0.29) is 12.0 Å². The molecule has 0 saturated carbocycles. The first kappa shape index (κ1) is 18.9. The molecule has 150 valence electrons. The summed E-state index contributed by atoms with van der Waals surface area (Å²) in [4.78, 5) is 15.2. The Morgan fingerprint density at radius 3 is 2.59 bits per heavy atom. The van der Waals surface area contributed by atoms with Gasteiger partial charge in [-0.15, -0.1) is 0 Å². The van der Waals surface area contributed by atoms with Crippen LogP contribution in [0.5, 0.6) is 11.5 Å². The van der Waals surface area contributed by atoms with Crippen molar-refractivity contribution >= 4 is 17.6 Å². The van der Waals surface area contributed by atoms with Gasteiger partial charge in [-0.1, -0.05) is 24.3 Å². The van der Waals surface area contributed by atoms with Crippen LogP contribution in [0.3, 0.4) is 0 Å². The highest BCUT2D eigenvalue weighted by Crippen LogP contribution is 2.31. The van der Waals surface area contributed by atoms with E-state index in [4.69, 9.17) is 15.2 Å². The van der Waals surface area contributed by atoms with Gasteiger partial charge in [0.05, 0.1) is 6.04 Å². The number of ether oxygens (including phenoxy) is 2. The summed E-state index contributed by atoms with van der Waals surface area (Å²) in [5.74, 6) is 2.80. The van der Waals surface area contributed by atoms with Gasteiger partial charge < -0.3 is 20.5 Å². The van der Waals surface area contributed by atoms with Gasteiger partial charge in [0.25, 0.3) is 0 Å². The van der Waals surface area contributed by atoms with Crippen LogP contribution in [0, 0.1) is 0 Å². The third kappa shape index (κ3) is 4.55. The summed E-state index contributed by atoms with van der Waals surface area (Å²) in [6.45, 7) is 3.90. The zero-order valence-electron chi connectivity index (χ0n) is 16.5. The van der Waals surface area contributed by atoms with Crippen LogP contribution < -0.4 is 20.5 Å². The Morgan fingerprint density at radius 1 is 1.03 bits per heavy atom. The molecule has 0 saturated heterocycles. The molecule has 0 radical (unpaired) electrons. The van der Waals surface area contributed by atoms with E-state index in [0.29, 0.717) is 31.5 Å². The van der Waals surface area contributed by atoms with E-state index in [9.17, 15) is 0 Å². The summed E-state index contributed by atoms with van der Waals surface area (Å²) in [6, 6.07) is 15.7. The molecule has 2 aromatic carbocycles. The maximum absolute atomic E-state index is 5.93. The van der Waals surface area contributed by atoms with Gasteiger partial charge in [-0.25, -0.2) is 0 Å². The average molecular weight is 392 g/mol. The standard InChI is InChI=1S/C21H24N6O2/c1-14(27(2)13-15-8-9-17-18(12-15)29-11-10-28-17)19-24-20(22)26-21(25-19)23-16-6-4-3-5-7-16/h3-9,12,14H,10-11,13H2,1-2H3,(H3,22,23,24,25,26)/t14-/m0/s1. The fourth-order valence-corrected chi connectivity index (χ4v) is 3.11. The van der Waals surface area contributed by atoms with Gasteiger partial charge in [0.2, 0.25) is 11.9 Å². The van der Waals surface area contributed by atoms with Crippen molar-refractivity contribution < 1.29 is 9.47 Å². The topological polar surface area (TPSA) is 98.4 Å². The summed E-state index contributed by atoms with van der Waals surface area (Å²) >= 11 is 0. The highest BCUT2D eigenvalue weighted by atomic mass is 16.6. The zero-order valence-corrected chi connectivity index (χ0v) is 16.5. The van der Waals surface area contributed by atoms with E-state index in [1.807, 2.05) is 62.5 Å². The monoisotopic (exact) mass is 392 g/mol. The van der Waals surface area contributed by atoms with E-state index in [2.05, 4.69) is 25.2 Å². The van der Waals surface area contributed by atoms with Crippen LogP contribution in [0.2, 0.25) is 0 Å². The molecule has 0 spiro atoms. The Kier molecular flexibility index (Phi) is 5.44. The van der Waals surface area contributed by atoms with Crippen LogP contribution in [0.4, 0.5) is 17.6 Å². The lowest BCUT2D eigenvalue weighted by molar-refractivity contribution is 0.171. The smallest absolute Gasteiger partial charge is 0.232 e. The molecule has 4 rings (SSSR count). The first-order chi connectivity index (χ1) is 14.1. The lowest BCUT2D eigenvalue weighted by Gasteiger charge is -2.25. The number of fused-ring (bicyclic) bond motifs is 1. The Bertz CT molecular complexity index is 982. The normalized spacial score (nSPS) is 13.9. The molecule has 2 heterocycles. The van der Waals surface area contributed by atoms with Crippen molar-refractivity contribution in [2.45, 2.75) is 19.5 Å². The minimum atomic E-state index is -0.0650. The number of benzene rings is 2. The number of hydrogen-bond acceptors (Lipinski definition) is 8. The third-order valence-corrected chi connectivity index (χ3v) is 4.77. The molecule has 29 heavy (non-hydrogen) atoms. The van der Waals surface area contributed by atoms with Crippen molar-refractivity contribution in [3.63, 3.8) is 0 Å². The van der Waals surface area contributed by atoms with E-state index in [0.717, 1.165) is 22.7 Å². The Hall–Kier alpha value is -3.39. The average Bonchev–Trinajstić information content (AvgIpc) is 2.73. The second-order valence-electron chi connectivity index (χ2n) is 6.94. The number of anilines is 3. The molecule has 8 nitrogen and oxygen atoms in total. The van der Waals surface area contributed by atoms with Gasteiger partial charge in [0.1, 0.15) is 13.2 Å². The molecule has 0 amide bonds. The van der Waals surface area contributed by atoms with Gasteiger partial charge in [0, 0.05) is 12.2 Å². The Labute approximate surface area is 169 Å². The second-order valence-corrected chi connectivity index (χ2v) is 6.94. The van der Waals surface area contributed by atoms with Crippen LogP contribution in [0.1, 0.15) is 24.4 Å². The zero-order chi connectivity index (χ0) is 20.2. The fraction of sp³-hybridized carbons (Fsp3) is 0.286. The number of nitrogens with two attached hydrogens (primary N) is 1. The highest BCUT2D eigenvalue weighted by Gasteiger charge is 2.19. The van der Waals surface area contributed by atoms with Crippen LogP contribution >= 0.6 is 0 Å². The minimum Gasteiger partial charge on any atom is -0.486 e. The van der Waals surface area contributed by atoms with Crippen molar-refractivity contribution in [1.29, 1.82) is 0 Å². The fourth-order valence-electron chi connectivity index (χ4n) is 3.11. The van der Waals surface area contributed by atoms with Crippen molar-refractivity contribution in [2.24, 2.45) is 0 Å². The van der Waals surface area contributed by atoms with E-state index in [1.165, 1.54) is 0 Å². The quantitative estimate of drug-likeness (QED) is 0.660. The summed E-state index contributed by atoms with van der Waals surface area (Å²) in [5, 5.41) is 3.17. The number of nitrogens with zero attached hydrogens (tertiary/aromatic N) is 4. The van der Waals surface area contributed by atoms with E-state index >= 15 is 0 Å². The number of para-hydroxylation sites is 1. The first-order valence-corrected chi connectivity index (χ1v) is 9.51. The largest absolute Gasteiger partial charge is 0.486 e. The molecule has 0 unspecified atom stereocenters. The molecule has 0 aliphatic carbocycles. The lowest BCUT2D eigenvalue weighted by Crippen LogP contribution is -2.25. The molecular weight excluding hydrogens is 368 g/mol. The molecule has 8 heteroatoms. The summed E-state index contributed by atoms with van der Waals surface area (Å²) in [5.41, 5.74) is 7.94. The summed E-state index contributed by atoms with van der Waals surface area (Å²) < 4.78 is 11.3. The van der Waals surface area contributed by atoms with Crippen LogP contribution in [0.25, 0.3) is 0 Å². The second kappa shape index (κ2) is 8.32. The molecule has 0 bridgehead atoms. The SMILES string of the molecule is C[C@@H](c1nc(N)nc(Nc2ccccc2)n1)N(C)Cc1ccc2c(c1)OCCO2. The third-order valence-electron chi connectivity index (χ3n) is 4.77. The van der Waals surface area contributed by atoms with Gasteiger partial charge in [-0.05, 0) is 43.8 Å². The predicted octanol–water partition coefficient (Wildman–Crippen LogP) is 3.16. The van der Waals surface area contributed by atoms with Gasteiger partial charge in [-0.3, -0.25) is 4.90 Å². The Balaban J connectivity index is 1.49. The number of aromatic nitrogens is 3. The van der Waals surface area contributed by atoms with Gasteiger partial charge in [-0.2, -0.15) is 15.0 Å². The van der Waals surface area contributed by atoms with Crippen molar-refractivity contribution in [2.75, 3.05) is 31.3 Å². The number of nitrogen functional groups attached to an aromatic ring is 1. The molecule has 3 N–H and O–H groups in total. The number of rotatable bonds is 6. The van der Waals surface area contributed by atoms with Gasteiger partial charge in [0.15, 0.2) is 17.3 Å². The molecule has 1 aliphatic rings. The maximum atomic E-state index is 5.93. The van der Waals surface area contributed by atoms with E-state index in [1.54, 1.807) is 0 Å². The van der Waals surface area contributed by atoms with E-state index < -0.39 is 0 Å². The number of hydrogen-bond donors (Lipinski definition) is 2. The molecule has 1 aromatic heterocycles. The lowest BCUT2D eigenvalue weighted by atomic mass is 10.1. The summed E-state index contributed by atoms with van der Waals surface area (Å²) in [6.07, 6.45) is 0. The van der Waals surface area contributed by atoms with Crippen molar-refractivity contribution in [3.05, 3.63) is 59.9 Å².